The Labute approximate surface area is 126 Å². The quantitative estimate of drug-likeness (QED) is 0.408. The number of ether oxygens (including phenoxy) is 1. The summed E-state index contributed by atoms with van der Waals surface area (Å²) in [4.78, 5) is 22.5. The van der Waals surface area contributed by atoms with Crippen molar-refractivity contribution in [2.24, 2.45) is 5.10 Å². The van der Waals surface area contributed by atoms with Gasteiger partial charge >= 0.3 is 5.97 Å². The molecular formula is C16H13FN2O3. The first kappa shape index (κ1) is 15.4. The standard InChI is InChI=1S/C16H13FN2O3/c1-11(20)22-15-8-2-12(3-9-15)10-18-19-16(21)13-4-6-14(17)7-5-13/h2-10H,1H3,(H,19,21)/b18-10-. The smallest absolute Gasteiger partial charge is 0.308 e. The Morgan fingerprint density at radius 3 is 2.32 bits per heavy atom. The molecule has 2 aromatic rings. The van der Waals surface area contributed by atoms with Gasteiger partial charge < -0.3 is 4.74 Å². The molecule has 1 N–H and O–H groups in total. The second kappa shape index (κ2) is 7.12. The third-order valence-electron chi connectivity index (χ3n) is 2.63. The maximum Gasteiger partial charge on any atom is 0.308 e. The summed E-state index contributed by atoms with van der Waals surface area (Å²) in [5.74, 6) is -0.811. The molecule has 0 unspecified atom stereocenters. The van der Waals surface area contributed by atoms with Gasteiger partial charge in [0.15, 0.2) is 0 Å². The Morgan fingerprint density at radius 1 is 1.09 bits per heavy atom. The lowest BCUT2D eigenvalue weighted by Gasteiger charge is -2.01. The second-order valence-electron chi connectivity index (χ2n) is 4.37. The molecule has 0 saturated carbocycles. The zero-order chi connectivity index (χ0) is 15.9. The number of esters is 1. The van der Waals surface area contributed by atoms with Crippen molar-refractivity contribution >= 4 is 18.1 Å². The number of carbonyl (C=O) groups excluding carboxylic acids is 2. The van der Waals surface area contributed by atoms with Crippen molar-refractivity contribution in [1.29, 1.82) is 0 Å². The zero-order valence-electron chi connectivity index (χ0n) is 11.7. The minimum absolute atomic E-state index is 0.309. The predicted octanol–water partition coefficient (Wildman–Crippen LogP) is 2.51. The molecule has 0 fully saturated rings. The van der Waals surface area contributed by atoms with Gasteiger partial charge in [-0.25, -0.2) is 9.82 Å². The van der Waals surface area contributed by atoms with Gasteiger partial charge in [0.1, 0.15) is 11.6 Å². The Bertz CT molecular complexity index is 694. The van der Waals surface area contributed by atoms with Crippen molar-refractivity contribution in [3.05, 3.63) is 65.5 Å². The largest absolute Gasteiger partial charge is 0.427 e. The van der Waals surface area contributed by atoms with Gasteiger partial charge in [0.25, 0.3) is 5.91 Å². The molecule has 0 heterocycles. The molecule has 0 aliphatic carbocycles. The summed E-state index contributed by atoms with van der Waals surface area (Å²) in [7, 11) is 0. The van der Waals surface area contributed by atoms with E-state index in [-0.39, 0.29) is 0 Å². The summed E-state index contributed by atoms with van der Waals surface area (Å²) in [5.41, 5.74) is 3.36. The molecule has 2 aromatic carbocycles. The van der Waals surface area contributed by atoms with Crippen molar-refractivity contribution in [2.75, 3.05) is 0 Å². The number of amides is 1. The monoisotopic (exact) mass is 300 g/mol. The number of nitrogens with zero attached hydrogens (tertiary/aromatic N) is 1. The first-order valence-electron chi connectivity index (χ1n) is 6.42. The average molecular weight is 300 g/mol. The lowest BCUT2D eigenvalue weighted by molar-refractivity contribution is -0.131. The van der Waals surface area contributed by atoms with Crippen molar-refractivity contribution in [1.82, 2.24) is 5.43 Å². The first-order chi connectivity index (χ1) is 10.5. The maximum absolute atomic E-state index is 12.7. The number of hydrazone groups is 1. The summed E-state index contributed by atoms with van der Waals surface area (Å²) < 4.78 is 17.6. The van der Waals surface area contributed by atoms with Gasteiger partial charge in [-0.1, -0.05) is 0 Å². The van der Waals surface area contributed by atoms with Crippen molar-refractivity contribution in [3.8, 4) is 5.75 Å². The topological polar surface area (TPSA) is 67.8 Å². The van der Waals surface area contributed by atoms with E-state index in [2.05, 4.69) is 10.5 Å². The molecule has 5 nitrogen and oxygen atoms in total. The summed E-state index contributed by atoms with van der Waals surface area (Å²) in [6.07, 6.45) is 1.44. The van der Waals surface area contributed by atoms with Gasteiger partial charge in [0.2, 0.25) is 0 Å². The Balaban J connectivity index is 1.93. The molecule has 0 spiro atoms. The van der Waals surface area contributed by atoms with Gasteiger partial charge in [-0.2, -0.15) is 5.10 Å². The minimum Gasteiger partial charge on any atom is -0.427 e. The van der Waals surface area contributed by atoms with Crippen LogP contribution in [0.3, 0.4) is 0 Å². The number of hydrogen-bond donors (Lipinski definition) is 1. The van der Waals surface area contributed by atoms with Crippen molar-refractivity contribution < 1.29 is 18.7 Å². The fourth-order valence-corrected chi connectivity index (χ4v) is 1.62. The van der Waals surface area contributed by atoms with Crippen LogP contribution in [0, 0.1) is 5.82 Å². The van der Waals surface area contributed by atoms with Crippen LogP contribution in [0.15, 0.2) is 53.6 Å². The normalized spacial score (nSPS) is 10.5. The Kier molecular flexibility index (Phi) is 4.98. The molecule has 1 amide bonds. The van der Waals surface area contributed by atoms with E-state index in [1.807, 2.05) is 0 Å². The molecule has 0 aromatic heterocycles. The first-order valence-corrected chi connectivity index (χ1v) is 6.42. The average Bonchev–Trinajstić information content (AvgIpc) is 2.49. The number of nitrogens with one attached hydrogen (secondary N) is 1. The molecule has 6 heteroatoms. The van der Waals surface area contributed by atoms with E-state index in [4.69, 9.17) is 4.74 Å². The van der Waals surface area contributed by atoms with Gasteiger partial charge in [0, 0.05) is 12.5 Å². The van der Waals surface area contributed by atoms with Gasteiger partial charge in [0.05, 0.1) is 6.21 Å². The maximum atomic E-state index is 12.7. The van der Waals surface area contributed by atoms with E-state index in [1.165, 1.54) is 37.4 Å². The summed E-state index contributed by atoms with van der Waals surface area (Å²) in [6.45, 7) is 1.32. The summed E-state index contributed by atoms with van der Waals surface area (Å²) in [5, 5.41) is 3.80. The van der Waals surface area contributed by atoms with Crippen molar-refractivity contribution in [2.45, 2.75) is 6.92 Å². The lowest BCUT2D eigenvalue weighted by atomic mass is 10.2. The molecule has 0 atom stereocenters. The number of hydrogen-bond acceptors (Lipinski definition) is 4. The summed E-state index contributed by atoms with van der Waals surface area (Å²) >= 11 is 0. The number of rotatable bonds is 4. The van der Waals surface area contributed by atoms with Crippen LogP contribution in [0.1, 0.15) is 22.8 Å². The van der Waals surface area contributed by atoms with Crippen molar-refractivity contribution in [3.63, 3.8) is 0 Å². The van der Waals surface area contributed by atoms with Crippen LogP contribution in [-0.2, 0) is 4.79 Å². The van der Waals surface area contributed by atoms with Crippen LogP contribution in [0.4, 0.5) is 4.39 Å². The molecule has 2 rings (SSSR count). The molecule has 0 aliphatic heterocycles. The van der Waals surface area contributed by atoms with Gasteiger partial charge in [-0.05, 0) is 54.1 Å². The highest BCUT2D eigenvalue weighted by Crippen LogP contribution is 2.11. The van der Waals surface area contributed by atoms with Crippen LogP contribution < -0.4 is 10.2 Å². The van der Waals surface area contributed by atoms with E-state index in [0.717, 1.165) is 5.56 Å². The predicted molar refractivity (Wildman–Crippen MR) is 79.2 cm³/mol. The Hall–Kier alpha value is -3.02. The van der Waals surface area contributed by atoms with Gasteiger partial charge in [-0.3, -0.25) is 9.59 Å². The zero-order valence-corrected chi connectivity index (χ0v) is 11.7. The van der Waals surface area contributed by atoms with Crippen LogP contribution in [0.2, 0.25) is 0 Å². The van der Waals surface area contributed by atoms with E-state index >= 15 is 0 Å². The highest BCUT2D eigenvalue weighted by molar-refractivity contribution is 5.94. The molecule has 22 heavy (non-hydrogen) atoms. The van der Waals surface area contributed by atoms with E-state index in [1.54, 1.807) is 24.3 Å². The van der Waals surface area contributed by atoms with Crippen LogP contribution in [0.5, 0.6) is 5.75 Å². The third-order valence-corrected chi connectivity index (χ3v) is 2.63. The molecule has 0 bridgehead atoms. The second-order valence-corrected chi connectivity index (χ2v) is 4.37. The van der Waals surface area contributed by atoms with Crippen LogP contribution in [0.25, 0.3) is 0 Å². The molecule has 112 valence electrons. The SMILES string of the molecule is CC(=O)Oc1ccc(/C=N\NC(=O)c2ccc(F)cc2)cc1. The number of carbonyl (C=O) groups is 2. The highest BCUT2D eigenvalue weighted by Gasteiger charge is 2.03. The van der Waals surface area contributed by atoms with E-state index in [9.17, 15) is 14.0 Å². The minimum atomic E-state index is -0.437. The van der Waals surface area contributed by atoms with Gasteiger partial charge in [-0.15, -0.1) is 0 Å². The summed E-state index contributed by atoms with van der Waals surface area (Å²) in [6, 6.07) is 11.7. The van der Waals surface area contributed by atoms with E-state index in [0.29, 0.717) is 11.3 Å². The molecular weight excluding hydrogens is 287 g/mol. The Morgan fingerprint density at radius 2 is 1.73 bits per heavy atom. The third kappa shape index (κ3) is 4.52. The molecule has 0 radical (unpaired) electrons. The molecule has 0 saturated heterocycles. The van der Waals surface area contributed by atoms with Crippen LogP contribution in [-0.4, -0.2) is 18.1 Å². The van der Waals surface area contributed by atoms with Crippen LogP contribution >= 0.6 is 0 Å². The lowest BCUT2D eigenvalue weighted by Crippen LogP contribution is -2.17. The number of benzene rings is 2. The molecule has 0 aliphatic rings. The van der Waals surface area contributed by atoms with E-state index < -0.39 is 17.7 Å². The highest BCUT2D eigenvalue weighted by atomic mass is 19.1. The fourth-order valence-electron chi connectivity index (χ4n) is 1.62. The number of halogens is 1. The fraction of sp³-hybridized carbons (Fsp3) is 0.0625.